The number of carbonyl (C=O) groups excluding carboxylic acids is 1. The van der Waals surface area contributed by atoms with E-state index in [1.807, 2.05) is 0 Å². The number of amides is 1. The van der Waals surface area contributed by atoms with Crippen molar-refractivity contribution in [2.45, 2.75) is 44.7 Å². The molecule has 3 N–H and O–H groups in total. The summed E-state index contributed by atoms with van der Waals surface area (Å²) in [5.41, 5.74) is 5.78. The van der Waals surface area contributed by atoms with Crippen LogP contribution in [-0.2, 0) is 4.74 Å². The van der Waals surface area contributed by atoms with Gasteiger partial charge in [-0.1, -0.05) is 0 Å². The Kier molecular flexibility index (Phi) is 4.02. The minimum atomic E-state index is -0.318. The molecular formula is C9H18N2O2. The van der Waals surface area contributed by atoms with Crippen molar-refractivity contribution in [1.29, 1.82) is 0 Å². The van der Waals surface area contributed by atoms with Crippen molar-refractivity contribution in [3.05, 3.63) is 0 Å². The normalized spacial score (nSPS) is 28.2. The van der Waals surface area contributed by atoms with Gasteiger partial charge >= 0.3 is 6.09 Å². The van der Waals surface area contributed by atoms with Gasteiger partial charge in [-0.2, -0.15) is 0 Å². The van der Waals surface area contributed by atoms with E-state index in [1.54, 1.807) is 6.92 Å². The fourth-order valence-electron chi connectivity index (χ4n) is 1.70. The zero-order valence-electron chi connectivity index (χ0n) is 8.08. The van der Waals surface area contributed by atoms with Crippen LogP contribution in [0.3, 0.4) is 0 Å². The van der Waals surface area contributed by atoms with Crippen LogP contribution < -0.4 is 11.1 Å². The largest absolute Gasteiger partial charge is 0.450 e. The van der Waals surface area contributed by atoms with Gasteiger partial charge in [0.15, 0.2) is 0 Å². The van der Waals surface area contributed by atoms with Crippen molar-refractivity contribution in [3.8, 4) is 0 Å². The van der Waals surface area contributed by atoms with Crippen molar-refractivity contribution < 1.29 is 9.53 Å². The number of carbonyl (C=O) groups is 1. The molecule has 1 aliphatic rings. The average Bonchev–Trinajstić information content (AvgIpc) is 2.04. The molecule has 2 atom stereocenters. The standard InChI is InChI=1S/C9H18N2O2/c1-2-13-9(12)11-8-5-3-4-7(10)6-8/h7-8H,2-6,10H2,1H3,(H,11,12)/t7-,8+/m0/s1. The lowest BCUT2D eigenvalue weighted by atomic mass is 9.92. The van der Waals surface area contributed by atoms with Gasteiger partial charge in [-0.3, -0.25) is 0 Å². The summed E-state index contributed by atoms with van der Waals surface area (Å²) in [6, 6.07) is 0.448. The van der Waals surface area contributed by atoms with E-state index < -0.39 is 0 Å². The third-order valence-electron chi connectivity index (χ3n) is 2.31. The molecule has 0 aromatic heterocycles. The van der Waals surface area contributed by atoms with E-state index in [4.69, 9.17) is 10.5 Å². The smallest absolute Gasteiger partial charge is 0.407 e. The lowest BCUT2D eigenvalue weighted by Crippen LogP contribution is -2.42. The molecule has 1 amide bonds. The molecule has 76 valence electrons. The molecule has 0 aromatic carbocycles. The number of ether oxygens (including phenoxy) is 1. The first kappa shape index (κ1) is 10.3. The van der Waals surface area contributed by atoms with E-state index in [0.717, 1.165) is 25.7 Å². The molecule has 0 heterocycles. The summed E-state index contributed by atoms with van der Waals surface area (Å²) in [6.45, 7) is 2.22. The summed E-state index contributed by atoms with van der Waals surface area (Å²) in [4.78, 5) is 11.0. The van der Waals surface area contributed by atoms with Crippen LogP contribution in [-0.4, -0.2) is 24.8 Å². The maximum absolute atomic E-state index is 11.0. The van der Waals surface area contributed by atoms with Crippen molar-refractivity contribution >= 4 is 6.09 Å². The molecule has 0 unspecified atom stereocenters. The molecule has 0 saturated heterocycles. The predicted octanol–water partition coefficient (Wildman–Crippen LogP) is 1.00. The summed E-state index contributed by atoms with van der Waals surface area (Å²) < 4.78 is 4.79. The quantitative estimate of drug-likeness (QED) is 0.676. The van der Waals surface area contributed by atoms with Crippen molar-refractivity contribution in [2.24, 2.45) is 5.73 Å². The third-order valence-corrected chi connectivity index (χ3v) is 2.31. The van der Waals surface area contributed by atoms with E-state index in [9.17, 15) is 4.79 Å². The lowest BCUT2D eigenvalue weighted by Gasteiger charge is -2.26. The number of hydrogen-bond acceptors (Lipinski definition) is 3. The van der Waals surface area contributed by atoms with E-state index in [2.05, 4.69) is 5.32 Å². The van der Waals surface area contributed by atoms with Crippen LogP contribution in [0.25, 0.3) is 0 Å². The molecule has 1 fully saturated rings. The fraction of sp³-hybridized carbons (Fsp3) is 0.889. The second-order valence-corrected chi connectivity index (χ2v) is 3.49. The zero-order chi connectivity index (χ0) is 9.68. The Bertz CT molecular complexity index is 173. The monoisotopic (exact) mass is 186 g/mol. The van der Waals surface area contributed by atoms with Gasteiger partial charge in [-0.05, 0) is 32.6 Å². The average molecular weight is 186 g/mol. The molecule has 0 aliphatic heterocycles. The minimum absolute atomic E-state index is 0.211. The Hall–Kier alpha value is -0.770. The number of alkyl carbamates (subject to hydrolysis) is 1. The van der Waals surface area contributed by atoms with Gasteiger partial charge in [0.05, 0.1) is 6.61 Å². The zero-order valence-corrected chi connectivity index (χ0v) is 8.08. The Balaban J connectivity index is 2.23. The highest BCUT2D eigenvalue weighted by molar-refractivity contribution is 5.67. The molecule has 4 nitrogen and oxygen atoms in total. The first-order chi connectivity index (χ1) is 6.22. The Morgan fingerprint density at radius 1 is 1.62 bits per heavy atom. The Morgan fingerprint density at radius 3 is 3.00 bits per heavy atom. The second-order valence-electron chi connectivity index (χ2n) is 3.49. The molecule has 4 heteroatoms. The molecule has 1 aliphatic carbocycles. The Labute approximate surface area is 78.8 Å². The van der Waals surface area contributed by atoms with E-state index in [-0.39, 0.29) is 18.2 Å². The van der Waals surface area contributed by atoms with Gasteiger partial charge in [0.2, 0.25) is 0 Å². The summed E-state index contributed by atoms with van der Waals surface area (Å²) >= 11 is 0. The fourth-order valence-corrected chi connectivity index (χ4v) is 1.70. The van der Waals surface area contributed by atoms with Crippen LogP contribution in [0, 0.1) is 0 Å². The summed E-state index contributed by atoms with van der Waals surface area (Å²) in [7, 11) is 0. The maximum Gasteiger partial charge on any atom is 0.407 e. The van der Waals surface area contributed by atoms with Crippen LogP contribution in [0.2, 0.25) is 0 Å². The highest BCUT2D eigenvalue weighted by Crippen LogP contribution is 2.16. The molecule has 0 spiro atoms. The highest BCUT2D eigenvalue weighted by Gasteiger charge is 2.20. The van der Waals surface area contributed by atoms with Crippen LogP contribution in [0.15, 0.2) is 0 Å². The van der Waals surface area contributed by atoms with E-state index in [0.29, 0.717) is 6.61 Å². The molecule has 1 saturated carbocycles. The maximum atomic E-state index is 11.0. The lowest BCUT2D eigenvalue weighted by molar-refractivity contribution is 0.144. The van der Waals surface area contributed by atoms with Gasteiger partial charge in [0, 0.05) is 12.1 Å². The summed E-state index contributed by atoms with van der Waals surface area (Å²) in [6.07, 6.45) is 3.74. The molecule has 1 rings (SSSR count). The van der Waals surface area contributed by atoms with Gasteiger partial charge in [-0.25, -0.2) is 4.79 Å². The van der Waals surface area contributed by atoms with Gasteiger partial charge in [-0.15, -0.1) is 0 Å². The molecule has 0 bridgehead atoms. The topological polar surface area (TPSA) is 64.3 Å². The highest BCUT2D eigenvalue weighted by atomic mass is 16.5. The second kappa shape index (κ2) is 5.07. The van der Waals surface area contributed by atoms with Gasteiger partial charge in [0.25, 0.3) is 0 Å². The minimum Gasteiger partial charge on any atom is -0.450 e. The van der Waals surface area contributed by atoms with Crippen molar-refractivity contribution in [1.82, 2.24) is 5.32 Å². The number of nitrogens with one attached hydrogen (secondary N) is 1. The van der Waals surface area contributed by atoms with E-state index in [1.165, 1.54) is 0 Å². The van der Waals surface area contributed by atoms with Crippen LogP contribution in [0.4, 0.5) is 4.79 Å². The van der Waals surface area contributed by atoms with Gasteiger partial charge < -0.3 is 15.8 Å². The SMILES string of the molecule is CCOC(=O)N[C@@H]1CCC[C@H](N)C1. The Morgan fingerprint density at radius 2 is 2.38 bits per heavy atom. The first-order valence-electron chi connectivity index (χ1n) is 4.91. The van der Waals surface area contributed by atoms with Crippen LogP contribution >= 0.6 is 0 Å². The molecule has 0 radical (unpaired) electrons. The van der Waals surface area contributed by atoms with E-state index >= 15 is 0 Å². The van der Waals surface area contributed by atoms with Crippen molar-refractivity contribution in [2.75, 3.05) is 6.61 Å². The predicted molar refractivity (Wildman–Crippen MR) is 50.4 cm³/mol. The number of nitrogens with two attached hydrogens (primary N) is 1. The molecular weight excluding hydrogens is 168 g/mol. The molecule has 13 heavy (non-hydrogen) atoms. The van der Waals surface area contributed by atoms with Gasteiger partial charge in [0.1, 0.15) is 0 Å². The van der Waals surface area contributed by atoms with Crippen LogP contribution in [0.5, 0.6) is 0 Å². The number of rotatable bonds is 2. The summed E-state index contributed by atoms with van der Waals surface area (Å²) in [5, 5.41) is 2.81. The number of hydrogen-bond donors (Lipinski definition) is 2. The molecule has 0 aromatic rings. The van der Waals surface area contributed by atoms with Crippen LogP contribution in [0.1, 0.15) is 32.6 Å². The van der Waals surface area contributed by atoms with Crippen molar-refractivity contribution in [3.63, 3.8) is 0 Å². The summed E-state index contributed by atoms with van der Waals surface area (Å²) in [5.74, 6) is 0. The first-order valence-corrected chi connectivity index (χ1v) is 4.91. The third kappa shape index (κ3) is 3.63.